The smallest absolute Gasteiger partial charge is 0.261 e. The molecule has 2 heterocycles. The number of benzene rings is 1. The average molecular weight is 358 g/mol. The zero-order valence-electron chi connectivity index (χ0n) is 14.2. The molecule has 3 rings (SSSR count). The molecule has 5 nitrogen and oxygen atoms in total. The minimum absolute atomic E-state index is 0.0804. The number of carbonyl (C=O) groups is 2. The van der Waals surface area contributed by atoms with Crippen molar-refractivity contribution in [3.8, 4) is 5.75 Å². The number of likely N-dealkylation sites (tertiary alicyclic amines) is 1. The van der Waals surface area contributed by atoms with Crippen LogP contribution >= 0.6 is 11.3 Å². The summed E-state index contributed by atoms with van der Waals surface area (Å²) in [6.07, 6.45) is 2.27. The van der Waals surface area contributed by atoms with Gasteiger partial charge in [0, 0.05) is 19.5 Å². The van der Waals surface area contributed by atoms with Gasteiger partial charge in [-0.2, -0.15) is 0 Å². The minimum Gasteiger partial charge on any atom is -0.497 e. The molecule has 1 aliphatic rings. The highest BCUT2D eigenvalue weighted by Gasteiger charge is 2.29. The highest BCUT2D eigenvalue weighted by atomic mass is 32.1. The molecule has 6 heteroatoms. The minimum atomic E-state index is -0.117. The number of hydrogen-bond acceptors (Lipinski definition) is 4. The van der Waals surface area contributed by atoms with Crippen LogP contribution in [0.5, 0.6) is 5.75 Å². The van der Waals surface area contributed by atoms with E-state index in [-0.39, 0.29) is 17.9 Å². The molecule has 1 aliphatic heterocycles. The number of carbonyl (C=O) groups excluding carboxylic acids is 2. The second kappa shape index (κ2) is 8.16. The molecule has 2 amide bonds. The Labute approximate surface area is 151 Å². The molecule has 1 aromatic carbocycles. The van der Waals surface area contributed by atoms with E-state index in [0.29, 0.717) is 17.8 Å². The Morgan fingerprint density at radius 3 is 2.96 bits per heavy atom. The van der Waals surface area contributed by atoms with Crippen molar-refractivity contribution in [2.45, 2.75) is 25.3 Å². The van der Waals surface area contributed by atoms with Gasteiger partial charge in [0.05, 0.1) is 18.0 Å². The van der Waals surface area contributed by atoms with Crippen LogP contribution < -0.4 is 10.1 Å². The standard InChI is InChI=1S/C19H22N2O3S/c1-24-15-6-2-5-14(13-15)16-7-3-11-21(16)18(22)9-10-20-19(23)17-8-4-12-25-17/h2,4-6,8,12-13,16H,3,7,9-11H2,1H3,(H,20,23)/t16-/m1/s1. The third-order valence-electron chi connectivity index (χ3n) is 4.42. The summed E-state index contributed by atoms with van der Waals surface area (Å²) in [4.78, 5) is 27.1. The van der Waals surface area contributed by atoms with Crippen molar-refractivity contribution in [1.82, 2.24) is 10.2 Å². The Morgan fingerprint density at radius 1 is 1.32 bits per heavy atom. The van der Waals surface area contributed by atoms with Gasteiger partial charge >= 0.3 is 0 Å². The SMILES string of the molecule is COc1cccc([C@H]2CCCN2C(=O)CCNC(=O)c2cccs2)c1. The maximum atomic E-state index is 12.6. The Kier molecular flexibility index (Phi) is 5.71. The number of hydrogen-bond donors (Lipinski definition) is 1. The summed E-state index contributed by atoms with van der Waals surface area (Å²) in [6.45, 7) is 1.12. The average Bonchev–Trinajstić information content (AvgIpc) is 3.33. The maximum absolute atomic E-state index is 12.6. The van der Waals surface area contributed by atoms with Crippen LogP contribution in [0.25, 0.3) is 0 Å². The number of amides is 2. The lowest BCUT2D eigenvalue weighted by molar-refractivity contribution is -0.132. The summed E-state index contributed by atoms with van der Waals surface area (Å²) in [7, 11) is 1.65. The third kappa shape index (κ3) is 4.20. The first-order valence-electron chi connectivity index (χ1n) is 8.44. The van der Waals surface area contributed by atoms with Gasteiger partial charge in [-0.25, -0.2) is 0 Å². The topological polar surface area (TPSA) is 58.6 Å². The Balaban J connectivity index is 1.56. The van der Waals surface area contributed by atoms with E-state index in [9.17, 15) is 9.59 Å². The van der Waals surface area contributed by atoms with Gasteiger partial charge in [-0.05, 0) is 42.0 Å². The molecule has 0 unspecified atom stereocenters. The van der Waals surface area contributed by atoms with Gasteiger partial charge < -0.3 is 15.0 Å². The van der Waals surface area contributed by atoms with Crippen LogP contribution in [0, 0.1) is 0 Å². The summed E-state index contributed by atoms with van der Waals surface area (Å²) in [5.41, 5.74) is 1.10. The van der Waals surface area contributed by atoms with Crippen molar-refractivity contribution in [2.75, 3.05) is 20.2 Å². The largest absolute Gasteiger partial charge is 0.497 e. The van der Waals surface area contributed by atoms with Crippen LogP contribution in [0.3, 0.4) is 0 Å². The first kappa shape index (κ1) is 17.5. The lowest BCUT2D eigenvalue weighted by Crippen LogP contribution is -2.34. The summed E-state index contributed by atoms with van der Waals surface area (Å²) >= 11 is 1.40. The van der Waals surface area contributed by atoms with Gasteiger partial charge in [0.2, 0.25) is 5.91 Å². The number of thiophene rings is 1. The predicted octanol–water partition coefficient (Wildman–Crippen LogP) is 3.24. The van der Waals surface area contributed by atoms with E-state index >= 15 is 0 Å². The van der Waals surface area contributed by atoms with E-state index in [4.69, 9.17) is 4.74 Å². The van der Waals surface area contributed by atoms with Gasteiger partial charge in [0.15, 0.2) is 0 Å². The fourth-order valence-electron chi connectivity index (χ4n) is 3.18. The fraction of sp³-hybridized carbons (Fsp3) is 0.368. The zero-order chi connectivity index (χ0) is 17.6. The number of rotatable bonds is 6. The second-order valence-corrected chi connectivity index (χ2v) is 6.95. The molecule has 1 atom stereocenters. The van der Waals surface area contributed by atoms with E-state index in [1.807, 2.05) is 40.6 Å². The fourth-order valence-corrected chi connectivity index (χ4v) is 3.82. The Bertz CT molecular complexity index is 730. The Morgan fingerprint density at radius 2 is 2.20 bits per heavy atom. The van der Waals surface area contributed by atoms with Crippen LogP contribution in [0.1, 0.15) is 40.5 Å². The summed E-state index contributed by atoms with van der Waals surface area (Å²) < 4.78 is 5.29. The van der Waals surface area contributed by atoms with Crippen LogP contribution in [-0.4, -0.2) is 36.9 Å². The Hall–Kier alpha value is -2.34. The van der Waals surface area contributed by atoms with Gasteiger partial charge in [0.1, 0.15) is 5.75 Å². The molecule has 1 N–H and O–H groups in total. The first-order valence-corrected chi connectivity index (χ1v) is 9.32. The predicted molar refractivity (Wildman–Crippen MR) is 98.0 cm³/mol. The molecule has 0 bridgehead atoms. The third-order valence-corrected chi connectivity index (χ3v) is 5.29. The maximum Gasteiger partial charge on any atom is 0.261 e. The monoisotopic (exact) mass is 358 g/mol. The molecule has 25 heavy (non-hydrogen) atoms. The molecule has 1 fully saturated rings. The van der Waals surface area contributed by atoms with E-state index in [1.54, 1.807) is 13.2 Å². The van der Waals surface area contributed by atoms with E-state index < -0.39 is 0 Å². The van der Waals surface area contributed by atoms with Crippen molar-refractivity contribution < 1.29 is 14.3 Å². The number of nitrogens with one attached hydrogen (secondary N) is 1. The molecule has 1 saturated heterocycles. The molecule has 0 aliphatic carbocycles. The van der Waals surface area contributed by atoms with Crippen molar-refractivity contribution in [1.29, 1.82) is 0 Å². The highest BCUT2D eigenvalue weighted by molar-refractivity contribution is 7.12. The molecule has 1 aromatic heterocycles. The van der Waals surface area contributed by atoms with Crippen LogP contribution in [0.2, 0.25) is 0 Å². The number of nitrogens with zero attached hydrogens (tertiary/aromatic N) is 1. The molecule has 132 valence electrons. The second-order valence-electron chi connectivity index (χ2n) is 6.00. The van der Waals surface area contributed by atoms with Gasteiger partial charge in [0.25, 0.3) is 5.91 Å². The molecule has 2 aromatic rings. The first-order chi connectivity index (χ1) is 12.2. The van der Waals surface area contributed by atoms with E-state index in [1.165, 1.54) is 11.3 Å². The number of methoxy groups -OCH3 is 1. The molecule has 0 spiro atoms. The van der Waals surface area contributed by atoms with Crippen LogP contribution in [0.4, 0.5) is 0 Å². The van der Waals surface area contributed by atoms with Gasteiger partial charge in [-0.3, -0.25) is 9.59 Å². The van der Waals surface area contributed by atoms with Crippen molar-refractivity contribution in [2.24, 2.45) is 0 Å². The van der Waals surface area contributed by atoms with Crippen molar-refractivity contribution in [3.05, 3.63) is 52.2 Å². The van der Waals surface area contributed by atoms with Crippen LogP contribution in [0.15, 0.2) is 41.8 Å². The molecule has 0 saturated carbocycles. The molecule has 0 radical (unpaired) electrons. The van der Waals surface area contributed by atoms with E-state index in [2.05, 4.69) is 5.32 Å². The quantitative estimate of drug-likeness (QED) is 0.862. The van der Waals surface area contributed by atoms with Gasteiger partial charge in [-0.15, -0.1) is 11.3 Å². The van der Waals surface area contributed by atoms with Crippen molar-refractivity contribution >= 4 is 23.2 Å². The lowest BCUT2D eigenvalue weighted by atomic mass is 10.0. The highest BCUT2D eigenvalue weighted by Crippen LogP contribution is 2.33. The summed E-state index contributed by atoms with van der Waals surface area (Å²) in [5, 5.41) is 4.68. The van der Waals surface area contributed by atoms with Crippen LogP contribution in [-0.2, 0) is 4.79 Å². The van der Waals surface area contributed by atoms with Crippen molar-refractivity contribution in [3.63, 3.8) is 0 Å². The lowest BCUT2D eigenvalue weighted by Gasteiger charge is -2.25. The summed E-state index contributed by atoms with van der Waals surface area (Å²) in [6, 6.07) is 11.6. The molecular weight excluding hydrogens is 336 g/mol. The normalized spacial score (nSPS) is 16.7. The van der Waals surface area contributed by atoms with E-state index in [0.717, 1.165) is 30.7 Å². The van der Waals surface area contributed by atoms with Gasteiger partial charge in [-0.1, -0.05) is 18.2 Å². The molecular formula is C19H22N2O3S. The zero-order valence-corrected chi connectivity index (χ0v) is 15.1. The summed E-state index contributed by atoms with van der Waals surface area (Å²) in [5.74, 6) is 0.769. The number of ether oxygens (including phenoxy) is 1.